The first kappa shape index (κ1) is 32.8. The highest BCUT2D eigenvalue weighted by Gasteiger charge is 2.40. The number of fused-ring (bicyclic) bond motifs is 2. The molecular formula is C41H49N5O4. The summed E-state index contributed by atoms with van der Waals surface area (Å²) in [5.41, 5.74) is 8.25. The fraction of sp³-hybridized carbons (Fsp3) is 0.488. The van der Waals surface area contributed by atoms with Crippen molar-refractivity contribution in [1.82, 2.24) is 15.1 Å². The van der Waals surface area contributed by atoms with Crippen LogP contribution in [-0.2, 0) is 22.6 Å². The number of amides is 3. The van der Waals surface area contributed by atoms with Gasteiger partial charge in [0.15, 0.2) is 0 Å². The van der Waals surface area contributed by atoms with Gasteiger partial charge in [-0.05, 0) is 108 Å². The normalized spacial score (nSPS) is 24.3. The first-order valence-electron chi connectivity index (χ1n) is 18.5. The van der Waals surface area contributed by atoms with Gasteiger partial charge in [0.05, 0.1) is 0 Å². The molecule has 3 aromatic carbocycles. The van der Waals surface area contributed by atoms with Crippen LogP contribution in [-0.4, -0.2) is 84.5 Å². The quantitative estimate of drug-likeness (QED) is 0.343. The Morgan fingerprint density at radius 3 is 2.24 bits per heavy atom. The maximum atomic E-state index is 13.1. The Kier molecular flexibility index (Phi) is 8.58. The second-order valence-corrected chi connectivity index (χ2v) is 15.9. The van der Waals surface area contributed by atoms with Crippen LogP contribution in [0.15, 0.2) is 60.7 Å². The Morgan fingerprint density at radius 1 is 0.780 bits per heavy atom. The van der Waals surface area contributed by atoms with Gasteiger partial charge in [0, 0.05) is 81.6 Å². The topological polar surface area (TPSA) is 96.4 Å². The fourth-order valence-electron chi connectivity index (χ4n) is 9.31. The van der Waals surface area contributed by atoms with Crippen LogP contribution in [0.3, 0.4) is 0 Å². The van der Waals surface area contributed by atoms with E-state index in [4.69, 9.17) is 0 Å². The monoisotopic (exact) mass is 675 g/mol. The van der Waals surface area contributed by atoms with E-state index >= 15 is 0 Å². The van der Waals surface area contributed by atoms with E-state index in [0.29, 0.717) is 36.1 Å². The minimum atomic E-state index is -0.581. The van der Waals surface area contributed by atoms with Crippen LogP contribution >= 0.6 is 0 Å². The molecule has 4 aliphatic heterocycles. The molecule has 0 aromatic heterocycles. The van der Waals surface area contributed by atoms with Crippen molar-refractivity contribution in [2.75, 3.05) is 55.6 Å². The molecule has 9 heteroatoms. The average molecular weight is 676 g/mol. The smallest absolute Gasteiger partial charge is 0.255 e. The van der Waals surface area contributed by atoms with Gasteiger partial charge >= 0.3 is 0 Å². The van der Waals surface area contributed by atoms with E-state index in [1.807, 2.05) is 24.3 Å². The summed E-state index contributed by atoms with van der Waals surface area (Å²) in [7, 11) is 0. The van der Waals surface area contributed by atoms with Crippen LogP contribution in [0.2, 0.25) is 0 Å². The molecular weight excluding hydrogens is 626 g/mol. The molecule has 5 aliphatic rings. The highest BCUT2D eigenvalue weighted by atomic mass is 16.3. The molecule has 0 spiro atoms. The van der Waals surface area contributed by atoms with Crippen molar-refractivity contribution in [1.29, 1.82) is 0 Å². The van der Waals surface area contributed by atoms with Gasteiger partial charge in [0.2, 0.25) is 11.8 Å². The van der Waals surface area contributed by atoms with Crippen LogP contribution in [0.5, 0.6) is 5.75 Å². The third kappa shape index (κ3) is 6.25. The molecule has 1 aliphatic carbocycles. The van der Waals surface area contributed by atoms with E-state index in [1.54, 1.807) is 4.90 Å². The van der Waals surface area contributed by atoms with Gasteiger partial charge in [-0.2, -0.15) is 0 Å². The molecule has 3 saturated heterocycles. The number of hydrogen-bond donors (Lipinski definition) is 2. The molecule has 3 fully saturated rings. The van der Waals surface area contributed by atoms with Crippen LogP contribution in [0, 0.1) is 11.3 Å². The van der Waals surface area contributed by atoms with Gasteiger partial charge in [-0.3, -0.25) is 24.6 Å². The molecule has 9 nitrogen and oxygen atoms in total. The van der Waals surface area contributed by atoms with E-state index in [-0.39, 0.29) is 29.6 Å². The summed E-state index contributed by atoms with van der Waals surface area (Å²) in [6, 6.07) is 20.7. The zero-order chi connectivity index (χ0) is 34.6. The molecule has 0 saturated carbocycles. The molecule has 2 atom stereocenters. The number of benzene rings is 3. The van der Waals surface area contributed by atoms with Gasteiger partial charge in [0.1, 0.15) is 11.8 Å². The third-order valence-corrected chi connectivity index (χ3v) is 12.2. The maximum absolute atomic E-state index is 13.1. The number of nitrogens with one attached hydrogen (secondary N) is 1. The first-order chi connectivity index (χ1) is 24.1. The number of aromatic hydroxyl groups is 1. The molecule has 3 amide bonds. The molecule has 262 valence electrons. The lowest BCUT2D eigenvalue weighted by atomic mass is 9.63. The van der Waals surface area contributed by atoms with Gasteiger partial charge in [-0.1, -0.05) is 32.0 Å². The lowest BCUT2D eigenvalue weighted by Crippen LogP contribution is -2.52. The predicted molar refractivity (Wildman–Crippen MR) is 195 cm³/mol. The average Bonchev–Trinajstić information content (AvgIpc) is 3.44. The number of imide groups is 1. The summed E-state index contributed by atoms with van der Waals surface area (Å²) < 4.78 is 0. The van der Waals surface area contributed by atoms with Crippen molar-refractivity contribution in [3.05, 3.63) is 88.5 Å². The number of nitrogens with zero attached hydrogens (tertiary/aromatic N) is 4. The molecule has 3 aromatic rings. The van der Waals surface area contributed by atoms with Crippen LogP contribution in [0.25, 0.3) is 0 Å². The standard InChI is InChI=1S/C41H49N5O4/c1-41(2)16-13-29-24-33(47)8-10-34(29)38(41)28-3-5-31(6-4-28)44-17-14-27(15-18-44)25-43-19-21-45(22-20-43)32-7-9-35-30(23-32)26-46(40(35)50)36-11-12-37(48)42-39(36)49/h3-10,23-24,27,36,38,47H,11-22,25-26H2,1-2H3,(H,42,48,49)/t36?,38-/m1/s1. The molecule has 8 rings (SSSR count). The minimum Gasteiger partial charge on any atom is -0.508 e. The summed E-state index contributed by atoms with van der Waals surface area (Å²) >= 11 is 0. The SMILES string of the molecule is CC1(C)CCc2cc(O)ccc2[C@H]1c1ccc(N2CCC(CN3CCN(c4ccc5c(c4)CN(C4CCC(=O)NC4=O)C5=O)CC3)CC2)cc1. The number of piperidine rings is 2. The summed E-state index contributed by atoms with van der Waals surface area (Å²) in [5.74, 6) is 0.643. The number of phenols is 1. The molecule has 0 bridgehead atoms. The largest absolute Gasteiger partial charge is 0.508 e. The highest BCUT2D eigenvalue weighted by molar-refractivity contribution is 6.05. The zero-order valence-electron chi connectivity index (χ0n) is 29.4. The van der Waals surface area contributed by atoms with E-state index in [0.717, 1.165) is 69.9 Å². The minimum absolute atomic E-state index is 0.119. The Hall–Kier alpha value is -4.37. The summed E-state index contributed by atoms with van der Waals surface area (Å²) in [4.78, 5) is 46.4. The van der Waals surface area contributed by atoms with Crippen molar-refractivity contribution < 1.29 is 19.5 Å². The van der Waals surface area contributed by atoms with Crippen molar-refractivity contribution in [2.24, 2.45) is 11.3 Å². The van der Waals surface area contributed by atoms with E-state index < -0.39 is 6.04 Å². The second-order valence-electron chi connectivity index (χ2n) is 15.9. The number of piperazine rings is 1. The maximum Gasteiger partial charge on any atom is 0.255 e. The lowest BCUT2D eigenvalue weighted by molar-refractivity contribution is -0.136. The summed E-state index contributed by atoms with van der Waals surface area (Å²) in [6.07, 6.45) is 5.19. The van der Waals surface area contributed by atoms with Gasteiger partial charge in [0.25, 0.3) is 5.91 Å². The molecule has 50 heavy (non-hydrogen) atoms. The molecule has 2 N–H and O–H groups in total. The summed E-state index contributed by atoms with van der Waals surface area (Å²) in [5, 5.41) is 12.5. The predicted octanol–water partition coefficient (Wildman–Crippen LogP) is 5.30. The number of hydrogen-bond acceptors (Lipinski definition) is 7. The third-order valence-electron chi connectivity index (χ3n) is 12.2. The number of carbonyl (C=O) groups excluding carboxylic acids is 3. The number of carbonyl (C=O) groups is 3. The lowest BCUT2D eigenvalue weighted by Gasteiger charge is -2.41. The second kappa shape index (κ2) is 13.1. The van der Waals surface area contributed by atoms with Crippen molar-refractivity contribution in [2.45, 2.75) is 70.9 Å². The molecule has 0 radical (unpaired) electrons. The van der Waals surface area contributed by atoms with Gasteiger partial charge < -0.3 is 19.8 Å². The van der Waals surface area contributed by atoms with Crippen LogP contribution in [0.4, 0.5) is 11.4 Å². The van der Waals surface area contributed by atoms with Crippen molar-refractivity contribution >= 4 is 29.1 Å². The Labute approximate surface area is 295 Å². The Morgan fingerprint density at radius 2 is 1.50 bits per heavy atom. The Balaban J connectivity index is 0.823. The Bertz CT molecular complexity index is 1790. The summed E-state index contributed by atoms with van der Waals surface area (Å²) in [6.45, 7) is 12.5. The fourth-order valence-corrected chi connectivity index (χ4v) is 9.31. The van der Waals surface area contributed by atoms with Crippen LogP contribution in [0.1, 0.15) is 84.5 Å². The first-order valence-corrected chi connectivity index (χ1v) is 18.5. The van der Waals surface area contributed by atoms with E-state index in [2.05, 4.69) is 70.3 Å². The number of aryl methyl sites for hydroxylation is 1. The highest BCUT2D eigenvalue weighted by Crippen LogP contribution is 2.49. The molecule has 4 heterocycles. The van der Waals surface area contributed by atoms with Crippen LogP contribution < -0.4 is 15.1 Å². The zero-order valence-corrected chi connectivity index (χ0v) is 29.4. The van der Waals surface area contributed by atoms with Crippen molar-refractivity contribution in [3.63, 3.8) is 0 Å². The molecule has 1 unspecified atom stereocenters. The number of rotatable bonds is 6. The van der Waals surface area contributed by atoms with Crippen molar-refractivity contribution in [3.8, 4) is 5.75 Å². The van der Waals surface area contributed by atoms with Gasteiger partial charge in [-0.25, -0.2) is 0 Å². The van der Waals surface area contributed by atoms with E-state index in [1.165, 1.54) is 35.2 Å². The number of anilines is 2. The number of phenolic OH excluding ortho intramolecular Hbond substituents is 1. The van der Waals surface area contributed by atoms with Gasteiger partial charge in [-0.15, -0.1) is 0 Å². The van der Waals surface area contributed by atoms with E-state index in [9.17, 15) is 19.5 Å².